The normalized spacial score (nSPS) is 11.4. The smallest absolute Gasteiger partial charge is 0.240 e. The summed E-state index contributed by atoms with van der Waals surface area (Å²) in [5.74, 6) is 0.426. The average Bonchev–Trinajstić information content (AvgIpc) is 2.79. The molecule has 0 aliphatic heterocycles. The maximum Gasteiger partial charge on any atom is 0.240 e. The minimum atomic E-state index is -3.84. The molecule has 0 amide bonds. The number of nitrogens with two attached hydrogens (primary N) is 2. The number of nitrogens with zero attached hydrogens (tertiary/aromatic N) is 2. The van der Waals surface area contributed by atoms with Gasteiger partial charge in [-0.05, 0) is 12.1 Å². The third kappa shape index (κ3) is 2.57. The van der Waals surface area contributed by atoms with E-state index in [-0.39, 0.29) is 17.1 Å². The van der Waals surface area contributed by atoms with E-state index in [2.05, 4.69) is 20.0 Å². The molecule has 0 radical (unpaired) electrons. The number of anilines is 2. The van der Waals surface area contributed by atoms with Crippen molar-refractivity contribution in [2.75, 3.05) is 11.1 Å². The van der Waals surface area contributed by atoms with E-state index in [4.69, 9.17) is 10.9 Å². The molecule has 0 bridgehead atoms. The minimum absolute atomic E-state index is 0.0588. The minimum Gasteiger partial charge on any atom is -0.396 e. The van der Waals surface area contributed by atoms with Crippen molar-refractivity contribution in [2.24, 2.45) is 5.14 Å². The summed E-state index contributed by atoms with van der Waals surface area (Å²) < 4.78 is 27.1. The summed E-state index contributed by atoms with van der Waals surface area (Å²) in [4.78, 5) is 3.68. The Balaban J connectivity index is 2.24. The predicted octanol–water partition coefficient (Wildman–Crippen LogP) is -0.0887. The zero-order chi connectivity index (χ0) is 13.2. The highest BCUT2D eigenvalue weighted by Crippen LogP contribution is 2.25. The van der Waals surface area contributed by atoms with Gasteiger partial charge in [-0.3, -0.25) is 0 Å². The molecular weight excluding hydrogens is 258 g/mol. The van der Waals surface area contributed by atoms with Crippen LogP contribution in [0.2, 0.25) is 0 Å². The zero-order valence-corrected chi connectivity index (χ0v) is 10.0. The molecule has 0 saturated heterocycles. The van der Waals surface area contributed by atoms with E-state index in [1.54, 1.807) is 6.07 Å². The molecule has 0 spiro atoms. The number of primary sulfonamides is 1. The van der Waals surface area contributed by atoms with E-state index in [9.17, 15) is 8.42 Å². The summed E-state index contributed by atoms with van der Waals surface area (Å²) in [7, 11) is -3.84. The number of benzene rings is 1. The standard InChI is InChI=1S/C9H11N5O3S/c10-9-6(12-4-8-13-5-17-14-8)2-1-3-7(9)18(11,15)16/h1-3,5,12H,4,10H2,(H2,11,15,16). The molecule has 0 aliphatic rings. The molecule has 1 aromatic heterocycles. The van der Waals surface area contributed by atoms with Crippen LogP contribution in [0.3, 0.4) is 0 Å². The molecule has 2 rings (SSSR count). The quantitative estimate of drug-likeness (QED) is 0.659. The van der Waals surface area contributed by atoms with E-state index in [0.717, 1.165) is 0 Å². The van der Waals surface area contributed by atoms with Gasteiger partial charge in [-0.2, -0.15) is 4.98 Å². The van der Waals surface area contributed by atoms with Gasteiger partial charge in [0.1, 0.15) is 4.90 Å². The molecule has 1 aromatic carbocycles. The van der Waals surface area contributed by atoms with Crippen molar-refractivity contribution in [3.05, 3.63) is 30.4 Å². The lowest BCUT2D eigenvalue weighted by atomic mass is 10.2. The van der Waals surface area contributed by atoms with Gasteiger partial charge in [0.2, 0.25) is 16.4 Å². The molecule has 0 atom stereocenters. The third-order valence-corrected chi connectivity index (χ3v) is 3.19. The van der Waals surface area contributed by atoms with Crippen LogP contribution in [0.15, 0.2) is 34.0 Å². The number of para-hydroxylation sites is 1. The maximum absolute atomic E-state index is 11.3. The summed E-state index contributed by atoms with van der Waals surface area (Å²) in [5, 5.41) is 11.5. The van der Waals surface area contributed by atoms with Crippen LogP contribution in [0, 0.1) is 0 Å². The summed E-state index contributed by atoms with van der Waals surface area (Å²) in [6.07, 6.45) is 1.20. The Labute approximate surface area is 103 Å². The molecule has 0 aliphatic carbocycles. The van der Waals surface area contributed by atoms with Crippen molar-refractivity contribution >= 4 is 21.4 Å². The van der Waals surface area contributed by atoms with Crippen molar-refractivity contribution < 1.29 is 12.9 Å². The monoisotopic (exact) mass is 269 g/mol. The number of aromatic nitrogens is 2. The van der Waals surface area contributed by atoms with Crippen LogP contribution in [-0.2, 0) is 16.6 Å². The molecule has 96 valence electrons. The molecule has 2 aromatic rings. The SMILES string of the molecule is Nc1c(NCc2ncon2)cccc1S(N)(=O)=O. The van der Waals surface area contributed by atoms with Gasteiger partial charge in [0, 0.05) is 0 Å². The van der Waals surface area contributed by atoms with E-state index in [1.807, 2.05) is 0 Å². The van der Waals surface area contributed by atoms with Gasteiger partial charge in [0.15, 0.2) is 5.82 Å². The van der Waals surface area contributed by atoms with E-state index in [0.29, 0.717) is 11.5 Å². The lowest BCUT2D eigenvalue weighted by Gasteiger charge is -2.10. The van der Waals surface area contributed by atoms with Gasteiger partial charge in [-0.15, -0.1) is 0 Å². The second kappa shape index (κ2) is 4.63. The number of sulfonamides is 1. The first-order valence-corrected chi connectivity index (χ1v) is 6.43. The fourth-order valence-electron chi connectivity index (χ4n) is 1.39. The number of nitrogens with one attached hydrogen (secondary N) is 1. The molecule has 9 heteroatoms. The Morgan fingerprint density at radius 2 is 2.17 bits per heavy atom. The first kappa shape index (κ1) is 12.3. The Morgan fingerprint density at radius 3 is 2.78 bits per heavy atom. The number of nitrogen functional groups attached to an aromatic ring is 1. The molecule has 0 saturated carbocycles. The van der Waals surface area contributed by atoms with Crippen LogP contribution < -0.4 is 16.2 Å². The highest BCUT2D eigenvalue weighted by Gasteiger charge is 2.14. The molecular formula is C9H11N5O3S. The molecule has 5 N–H and O–H groups in total. The van der Waals surface area contributed by atoms with Gasteiger partial charge in [-0.1, -0.05) is 11.2 Å². The second-order valence-corrected chi connectivity index (χ2v) is 4.99. The predicted molar refractivity (Wildman–Crippen MR) is 63.9 cm³/mol. The van der Waals surface area contributed by atoms with Crippen LogP contribution in [0.1, 0.15) is 5.82 Å². The Kier molecular flexibility index (Phi) is 3.17. The van der Waals surface area contributed by atoms with Crippen molar-refractivity contribution in [2.45, 2.75) is 11.4 Å². The second-order valence-electron chi connectivity index (χ2n) is 3.46. The zero-order valence-electron chi connectivity index (χ0n) is 9.20. The fraction of sp³-hybridized carbons (Fsp3) is 0.111. The van der Waals surface area contributed by atoms with Gasteiger partial charge in [-0.25, -0.2) is 13.6 Å². The average molecular weight is 269 g/mol. The van der Waals surface area contributed by atoms with Crippen molar-refractivity contribution in [3.63, 3.8) is 0 Å². The first-order chi connectivity index (χ1) is 8.48. The van der Waals surface area contributed by atoms with Gasteiger partial charge < -0.3 is 15.6 Å². The summed E-state index contributed by atoms with van der Waals surface area (Å²) >= 11 is 0. The molecule has 8 nitrogen and oxygen atoms in total. The van der Waals surface area contributed by atoms with Crippen LogP contribution in [-0.4, -0.2) is 18.6 Å². The van der Waals surface area contributed by atoms with E-state index in [1.165, 1.54) is 18.5 Å². The number of rotatable bonds is 4. The van der Waals surface area contributed by atoms with Crippen LogP contribution >= 0.6 is 0 Å². The molecule has 0 fully saturated rings. The highest BCUT2D eigenvalue weighted by atomic mass is 32.2. The van der Waals surface area contributed by atoms with Crippen molar-refractivity contribution in [1.29, 1.82) is 0 Å². The highest BCUT2D eigenvalue weighted by molar-refractivity contribution is 7.89. The van der Waals surface area contributed by atoms with Crippen LogP contribution in [0.25, 0.3) is 0 Å². The van der Waals surface area contributed by atoms with Crippen molar-refractivity contribution in [3.8, 4) is 0 Å². The molecule has 18 heavy (non-hydrogen) atoms. The Morgan fingerprint density at radius 1 is 1.39 bits per heavy atom. The topological polar surface area (TPSA) is 137 Å². The van der Waals surface area contributed by atoms with Gasteiger partial charge in [0.25, 0.3) is 0 Å². The van der Waals surface area contributed by atoms with Crippen LogP contribution in [0.4, 0.5) is 11.4 Å². The van der Waals surface area contributed by atoms with Gasteiger partial charge >= 0.3 is 0 Å². The summed E-state index contributed by atoms with van der Waals surface area (Å²) in [5.41, 5.74) is 6.22. The number of hydrogen-bond donors (Lipinski definition) is 3. The van der Waals surface area contributed by atoms with E-state index < -0.39 is 10.0 Å². The molecule has 0 unspecified atom stereocenters. The maximum atomic E-state index is 11.3. The summed E-state index contributed by atoms with van der Waals surface area (Å²) in [6.45, 7) is 0.259. The number of hydrogen-bond acceptors (Lipinski definition) is 7. The Bertz CT molecular complexity index is 638. The lowest BCUT2D eigenvalue weighted by molar-refractivity contribution is 0.411. The Hall–Kier alpha value is -2.13. The first-order valence-electron chi connectivity index (χ1n) is 4.89. The third-order valence-electron chi connectivity index (χ3n) is 2.22. The van der Waals surface area contributed by atoms with E-state index >= 15 is 0 Å². The lowest BCUT2D eigenvalue weighted by Crippen LogP contribution is -2.15. The van der Waals surface area contributed by atoms with Crippen molar-refractivity contribution in [1.82, 2.24) is 10.1 Å². The summed E-state index contributed by atoms with van der Waals surface area (Å²) in [6, 6.07) is 4.50. The fourth-order valence-corrected chi connectivity index (χ4v) is 2.08. The molecule has 1 heterocycles. The van der Waals surface area contributed by atoms with Gasteiger partial charge in [0.05, 0.1) is 17.9 Å². The largest absolute Gasteiger partial charge is 0.396 e. The van der Waals surface area contributed by atoms with Crippen LogP contribution in [0.5, 0.6) is 0 Å².